The monoisotopic (exact) mass is 357 g/mol. The molecule has 1 aliphatic heterocycles. The third kappa shape index (κ3) is 5.58. The summed E-state index contributed by atoms with van der Waals surface area (Å²) in [7, 11) is 0. The first-order valence-electron chi connectivity index (χ1n) is 9.01. The first-order chi connectivity index (χ1) is 12.2. The summed E-state index contributed by atoms with van der Waals surface area (Å²) in [6.45, 7) is 6.72. The lowest BCUT2D eigenvalue weighted by atomic mass is 9.97. The quantitative estimate of drug-likeness (QED) is 0.827. The number of hydrogen-bond acceptors (Lipinski definition) is 3. The molecule has 1 saturated heterocycles. The van der Waals surface area contributed by atoms with Crippen LogP contribution in [0, 0.1) is 12.8 Å². The summed E-state index contributed by atoms with van der Waals surface area (Å²) in [6, 6.07) is 12.4. The van der Waals surface area contributed by atoms with Gasteiger partial charge in [-0.25, -0.2) is 4.79 Å². The molecule has 2 N–H and O–H groups in total. The van der Waals surface area contributed by atoms with E-state index in [1.54, 1.807) is 0 Å². The highest BCUT2D eigenvalue weighted by Crippen LogP contribution is 2.20. The number of nitrogens with zero attached hydrogens (tertiary/aromatic N) is 1. The number of hydrogen-bond donors (Lipinski definition) is 2. The molecule has 4 nitrogen and oxygen atoms in total. The van der Waals surface area contributed by atoms with Gasteiger partial charge in [-0.3, -0.25) is 4.90 Å². The first kappa shape index (κ1) is 18.0. The van der Waals surface area contributed by atoms with E-state index in [1.165, 1.54) is 16.0 Å². The molecule has 3 rings (SSSR count). The van der Waals surface area contributed by atoms with Crippen molar-refractivity contribution in [2.24, 2.45) is 5.92 Å². The summed E-state index contributed by atoms with van der Waals surface area (Å²) in [5.41, 5.74) is 2.38. The SMILES string of the molecule is Cc1ccccc1CNC(=O)NCC1CCN(Cc2cccs2)CC1. The minimum absolute atomic E-state index is 0.0655. The zero-order valence-corrected chi connectivity index (χ0v) is 15.6. The summed E-state index contributed by atoms with van der Waals surface area (Å²) < 4.78 is 0. The molecule has 1 aromatic carbocycles. The van der Waals surface area contributed by atoms with Crippen molar-refractivity contribution >= 4 is 17.4 Å². The number of urea groups is 1. The molecule has 2 aromatic rings. The lowest BCUT2D eigenvalue weighted by Crippen LogP contribution is -2.41. The Morgan fingerprint density at radius 3 is 2.68 bits per heavy atom. The number of thiophene rings is 1. The molecule has 134 valence electrons. The molecule has 0 aliphatic carbocycles. The third-order valence-electron chi connectivity index (χ3n) is 4.92. The van der Waals surface area contributed by atoms with Crippen molar-refractivity contribution < 1.29 is 4.79 Å². The van der Waals surface area contributed by atoms with E-state index in [4.69, 9.17) is 0 Å². The first-order valence-corrected chi connectivity index (χ1v) is 9.89. The van der Waals surface area contributed by atoms with Gasteiger partial charge < -0.3 is 10.6 Å². The Morgan fingerprint density at radius 1 is 1.16 bits per heavy atom. The predicted octanol–water partition coefficient (Wildman–Crippen LogP) is 3.77. The second-order valence-corrected chi connectivity index (χ2v) is 7.82. The number of amides is 2. The van der Waals surface area contributed by atoms with Crippen molar-refractivity contribution in [1.29, 1.82) is 0 Å². The Hall–Kier alpha value is -1.85. The van der Waals surface area contributed by atoms with Crippen molar-refractivity contribution in [3.8, 4) is 0 Å². The van der Waals surface area contributed by atoms with Crippen LogP contribution in [0.2, 0.25) is 0 Å². The maximum Gasteiger partial charge on any atom is 0.315 e. The Labute approximate surface area is 154 Å². The highest BCUT2D eigenvalue weighted by Gasteiger charge is 2.19. The molecular weight excluding hydrogens is 330 g/mol. The third-order valence-corrected chi connectivity index (χ3v) is 5.78. The molecule has 0 unspecified atom stereocenters. The fraction of sp³-hybridized carbons (Fsp3) is 0.450. The number of nitrogens with one attached hydrogen (secondary N) is 2. The van der Waals surface area contributed by atoms with Crippen LogP contribution in [0.5, 0.6) is 0 Å². The highest BCUT2D eigenvalue weighted by molar-refractivity contribution is 7.09. The normalized spacial score (nSPS) is 15.9. The van der Waals surface area contributed by atoms with E-state index in [0.717, 1.165) is 39.0 Å². The average molecular weight is 358 g/mol. The lowest BCUT2D eigenvalue weighted by Gasteiger charge is -2.31. The second-order valence-electron chi connectivity index (χ2n) is 6.79. The van der Waals surface area contributed by atoms with Gasteiger partial charge in [-0.1, -0.05) is 30.3 Å². The van der Waals surface area contributed by atoms with E-state index in [1.807, 2.05) is 23.5 Å². The molecule has 1 aliphatic rings. The molecular formula is C20H27N3OS. The summed E-state index contributed by atoms with van der Waals surface area (Å²) in [4.78, 5) is 16.0. The van der Waals surface area contributed by atoms with Crippen LogP contribution in [0.1, 0.15) is 28.8 Å². The zero-order valence-electron chi connectivity index (χ0n) is 14.8. The van der Waals surface area contributed by atoms with Gasteiger partial charge in [0.05, 0.1) is 0 Å². The topological polar surface area (TPSA) is 44.4 Å². The van der Waals surface area contributed by atoms with Gasteiger partial charge in [0, 0.05) is 24.5 Å². The van der Waals surface area contributed by atoms with Gasteiger partial charge in [-0.2, -0.15) is 0 Å². The van der Waals surface area contributed by atoms with Crippen LogP contribution >= 0.6 is 11.3 Å². The van der Waals surface area contributed by atoms with E-state index in [0.29, 0.717) is 12.5 Å². The Kier molecular flexibility index (Phi) is 6.48. The number of benzene rings is 1. The van der Waals surface area contributed by atoms with Gasteiger partial charge in [-0.05, 0) is 61.3 Å². The molecule has 2 heterocycles. The van der Waals surface area contributed by atoms with Crippen LogP contribution < -0.4 is 10.6 Å². The molecule has 1 fully saturated rings. The van der Waals surface area contributed by atoms with E-state index < -0.39 is 0 Å². The van der Waals surface area contributed by atoms with E-state index in [2.05, 4.69) is 52.1 Å². The summed E-state index contributed by atoms with van der Waals surface area (Å²) >= 11 is 1.83. The second kappa shape index (κ2) is 9.02. The van der Waals surface area contributed by atoms with Crippen molar-refractivity contribution in [2.45, 2.75) is 32.9 Å². The van der Waals surface area contributed by atoms with Crippen LogP contribution in [-0.2, 0) is 13.1 Å². The fourth-order valence-electron chi connectivity index (χ4n) is 3.26. The standard InChI is InChI=1S/C20H27N3OS/c1-16-5-2-3-6-18(16)14-22-20(24)21-13-17-8-10-23(11-9-17)15-19-7-4-12-25-19/h2-7,12,17H,8-11,13-15H2,1H3,(H2,21,22,24). The van der Waals surface area contributed by atoms with Crippen LogP contribution in [0.15, 0.2) is 41.8 Å². The zero-order chi connectivity index (χ0) is 17.5. The van der Waals surface area contributed by atoms with Gasteiger partial charge in [0.15, 0.2) is 0 Å². The number of likely N-dealkylation sites (tertiary alicyclic amines) is 1. The fourth-order valence-corrected chi connectivity index (χ4v) is 4.00. The van der Waals surface area contributed by atoms with Gasteiger partial charge in [0.2, 0.25) is 0 Å². The van der Waals surface area contributed by atoms with Crippen LogP contribution in [-0.4, -0.2) is 30.6 Å². The average Bonchev–Trinajstić information content (AvgIpc) is 3.13. The Bertz CT molecular complexity index is 663. The molecule has 0 atom stereocenters. The number of piperidine rings is 1. The summed E-state index contributed by atoms with van der Waals surface area (Å²) in [5, 5.41) is 8.14. The molecule has 25 heavy (non-hydrogen) atoms. The van der Waals surface area contributed by atoms with Gasteiger partial charge in [0.1, 0.15) is 0 Å². The molecule has 5 heteroatoms. The highest BCUT2D eigenvalue weighted by atomic mass is 32.1. The minimum Gasteiger partial charge on any atom is -0.338 e. The predicted molar refractivity (Wildman–Crippen MR) is 104 cm³/mol. The maximum absolute atomic E-state index is 12.0. The summed E-state index contributed by atoms with van der Waals surface area (Å²) in [6.07, 6.45) is 2.31. The summed E-state index contributed by atoms with van der Waals surface area (Å²) in [5.74, 6) is 0.587. The Balaban J connectivity index is 1.32. The van der Waals surface area contributed by atoms with Crippen LogP contribution in [0.3, 0.4) is 0 Å². The van der Waals surface area contributed by atoms with Crippen LogP contribution in [0.4, 0.5) is 4.79 Å². The van der Waals surface area contributed by atoms with Crippen LogP contribution in [0.25, 0.3) is 0 Å². The maximum atomic E-state index is 12.0. The van der Waals surface area contributed by atoms with Crippen molar-refractivity contribution in [3.63, 3.8) is 0 Å². The lowest BCUT2D eigenvalue weighted by molar-refractivity contribution is 0.176. The minimum atomic E-state index is -0.0655. The largest absolute Gasteiger partial charge is 0.338 e. The molecule has 2 amide bonds. The number of carbonyl (C=O) groups excluding carboxylic acids is 1. The number of carbonyl (C=O) groups is 1. The van der Waals surface area contributed by atoms with Crippen molar-refractivity contribution in [3.05, 3.63) is 57.8 Å². The number of rotatable bonds is 6. The molecule has 0 bridgehead atoms. The molecule has 0 spiro atoms. The van der Waals surface area contributed by atoms with Gasteiger partial charge in [-0.15, -0.1) is 11.3 Å². The molecule has 0 saturated carbocycles. The molecule has 0 radical (unpaired) electrons. The molecule has 1 aromatic heterocycles. The van der Waals surface area contributed by atoms with E-state index >= 15 is 0 Å². The van der Waals surface area contributed by atoms with Crippen molar-refractivity contribution in [2.75, 3.05) is 19.6 Å². The number of aryl methyl sites for hydroxylation is 1. The van der Waals surface area contributed by atoms with E-state index in [9.17, 15) is 4.79 Å². The van der Waals surface area contributed by atoms with E-state index in [-0.39, 0.29) is 6.03 Å². The van der Waals surface area contributed by atoms with Gasteiger partial charge >= 0.3 is 6.03 Å². The van der Waals surface area contributed by atoms with Gasteiger partial charge in [0.25, 0.3) is 0 Å². The Morgan fingerprint density at radius 2 is 1.96 bits per heavy atom. The van der Waals surface area contributed by atoms with Crippen molar-refractivity contribution in [1.82, 2.24) is 15.5 Å². The smallest absolute Gasteiger partial charge is 0.315 e.